The number of fused-ring (bicyclic) bond motifs is 8. The molecule has 5 heteroatoms. The van der Waals surface area contributed by atoms with Crippen LogP contribution >= 0.6 is 0 Å². The van der Waals surface area contributed by atoms with Gasteiger partial charge in [0, 0.05) is 23.6 Å². The Balaban J connectivity index is 1.45. The highest BCUT2D eigenvalue weighted by Crippen LogP contribution is 2.34. The van der Waals surface area contributed by atoms with Gasteiger partial charge >= 0.3 is 0 Å². The van der Waals surface area contributed by atoms with Crippen LogP contribution in [0.15, 0.2) is 138 Å². The van der Waals surface area contributed by atoms with E-state index in [0.717, 1.165) is 67.3 Å². The predicted molar refractivity (Wildman–Crippen MR) is 171 cm³/mol. The molecule has 0 unspecified atom stereocenters. The average Bonchev–Trinajstić information content (AvgIpc) is 3.57. The van der Waals surface area contributed by atoms with Gasteiger partial charge in [0.25, 0.3) is 0 Å². The molecule has 0 amide bonds. The summed E-state index contributed by atoms with van der Waals surface area (Å²) >= 11 is 0. The molecule has 3 aromatic heterocycles. The van der Waals surface area contributed by atoms with Crippen molar-refractivity contribution in [1.29, 1.82) is 0 Å². The Hall–Kier alpha value is -5.55. The van der Waals surface area contributed by atoms with Crippen molar-refractivity contribution in [3.05, 3.63) is 145 Å². The molecule has 8 rings (SSSR count). The molecule has 0 aliphatic heterocycles. The Kier molecular flexibility index (Phi) is 5.28. The number of para-hydroxylation sites is 3. The third-order valence-corrected chi connectivity index (χ3v) is 7.77. The lowest BCUT2D eigenvalue weighted by molar-refractivity contribution is 1.19. The van der Waals surface area contributed by atoms with Crippen LogP contribution in [0, 0.1) is 0 Å². The minimum absolute atomic E-state index is 0.575. The summed E-state index contributed by atoms with van der Waals surface area (Å²) in [4.78, 5) is 15.5. The van der Waals surface area contributed by atoms with E-state index in [-0.39, 0.29) is 0 Å². The summed E-state index contributed by atoms with van der Waals surface area (Å²) in [5.41, 5.74) is 9.85. The maximum Gasteiger partial charge on any atom is 0.235 e. The standard InChI is InChI=1S/C36H25N5/c1-24(25-12-3-2-4-13-25)37-36(39-29-19-11-15-26-14-5-6-16-27(26)29)41-31-20-9-7-17-28(31)34-33(41)22-23-40-32-21-10-8-18-30(32)38-35(34)40/h2-18,20-23H,1,19H2/b37-36+,39-29+. The van der Waals surface area contributed by atoms with Crippen LogP contribution in [-0.2, 0) is 0 Å². The third kappa shape index (κ3) is 3.74. The maximum atomic E-state index is 5.30. The molecule has 5 nitrogen and oxygen atoms in total. The highest BCUT2D eigenvalue weighted by atomic mass is 15.2. The van der Waals surface area contributed by atoms with Crippen LogP contribution in [0.25, 0.3) is 50.3 Å². The monoisotopic (exact) mass is 527 g/mol. The van der Waals surface area contributed by atoms with Crippen molar-refractivity contribution >= 4 is 61.9 Å². The molecule has 0 saturated heterocycles. The van der Waals surface area contributed by atoms with Gasteiger partial charge in [-0.1, -0.05) is 104 Å². The molecule has 0 atom stereocenters. The Morgan fingerprint density at radius 3 is 2.41 bits per heavy atom. The molecule has 1 aliphatic rings. The molecule has 0 radical (unpaired) electrons. The zero-order valence-electron chi connectivity index (χ0n) is 22.3. The van der Waals surface area contributed by atoms with Gasteiger partial charge in [0.15, 0.2) is 0 Å². The van der Waals surface area contributed by atoms with Gasteiger partial charge in [-0.05, 0) is 35.4 Å². The normalized spacial score (nSPS) is 14.4. The lowest BCUT2D eigenvalue weighted by Crippen LogP contribution is -2.15. The van der Waals surface area contributed by atoms with Crippen molar-refractivity contribution in [3.63, 3.8) is 0 Å². The fraction of sp³-hybridized carbons (Fsp3) is 0.0278. The van der Waals surface area contributed by atoms with Gasteiger partial charge in [0.2, 0.25) is 5.96 Å². The fourth-order valence-electron chi connectivity index (χ4n) is 5.86. The molecule has 0 bridgehead atoms. The van der Waals surface area contributed by atoms with Crippen molar-refractivity contribution < 1.29 is 0 Å². The van der Waals surface area contributed by atoms with E-state index in [1.165, 1.54) is 0 Å². The van der Waals surface area contributed by atoms with Crippen molar-refractivity contribution in [2.45, 2.75) is 6.42 Å². The number of rotatable bonds is 2. The number of aliphatic imine (C=N–C) groups is 2. The van der Waals surface area contributed by atoms with Gasteiger partial charge in [-0.3, -0.25) is 8.97 Å². The molecule has 0 N–H and O–H groups in total. The van der Waals surface area contributed by atoms with Gasteiger partial charge < -0.3 is 0 Å². The lowest BCUT2D eigenvalue weighted by Gasteiger charge is -2.15. The molecule has 41 heavy (non-hydrogen) atoms. The number of allylic oxidation sites excluding steroid dienone is 1. The molecule has 194 valence electrons. The highest BCUT2D eigenvalue weighted by Gasteiger charge is 2.21. The molecular weight excluding hydrogens is 502 g/mol. The largest absolute Gasteiger partial charge is 0.299 e. The van der Waals surface area contributed by atoms with Crippen molar-refractivity contribution in [3.8, 4) is 0 Å². The number of benzene rings is 4. The van der Waals surface area contributed by atoms with Crippen molar-refractivity contribution in [2.75, 3.05) is 0 Å². The van der Waals surface area contributed by atoms with Crippen molar-refractivity contribution in [2.24, 2.45) is 9.98 Å². The summed E-state index contributed by atoms with van der Waals surface area (Å²) in [5.74, 6) is 0.575. The number of hydrogen-bond donors (Lipinski definition) is 0. The summed E-state index contributed by atoms with van der Waals surface area (Å²) in [7, 11) is 0. The topological polar surface area (TPSA) is 47.0 Å². The second kappa shape index (κ2) is 9.28. The smallest absolute Gasteiger partial charge is 0.235 e. The van der Waals surface area contributed by atoms with Gasteiger partial charge in [-0.15, -0.1) is 0 Å². The quantitative estimate of drug-likeness (QED) is 0.165. The molecule has 0 spiro atoms. The Morgan fingerprint density at radius 1 is 0.756 bits per heavy atom. The van der Waals surface area contributed by atoms with E-state index < -0.39 is 0 Å². The van der Waals surface area contributed by atoms with Crippen LogP contribution in [0.3, 0.4) is 0 Å². The Labute approximate surface area is 236 Å². The molecule has 1 aliphatic carbocycles. The van der Waals surface area contributed by atoms with E-state index in [1.54, 1.807) is 0 Å². The van der Waals surface area contributed by atoms with E-state index in [4.69, 9.17) is 15.0 Å². The molecule has 7 aromatic rings. The third-order valence-electron chi connectivity index (χ3n) is 7.77. The van der Waals surface area contributed by atoms with E-state index in [9.17, 15) is 0 Å². The summed E-state index contributed by atoms with van der Waals surface area (Å²) in [6, 6.07) is 37.3. The summed E-state index contributed by atoms with van der Waals surface area (Å²) < 4.78 is 4.33. The molecule has 4 aromatic carbocycles. The van der Waals surface area contributed by atoms with E-state index >= 15 is 0 Å². The van der Waals surface area contributed by atoms with Crippen molar-refractivity contribution in [1.82, 2.24) is 14.0 Å². The second-order valence-electron chi connectivity index (χ2n) is 10.2. The van der Waals surface area contributed by atoms with Crippen LogP contribution in [0.4, 0.5) is 0 Å². The number of aromatic nitrogens is 3. The van der Waals surface area contributed by atoms with Crippen LogP contribution in [-0.4, -0.2) is 25.6 Å². The number of hydrogen-bond acceptors (Lipinski definition) is 2. The zero-order valence-corrected chi connectivity index (χ0v) is 22.3. The minimum atomic E-state index is 0.575. The molecule has 3 heterocycles. The van der Waals surface area contributed by atoms with E-state index in [2.05, 4.69) is 107 Å². The first-order valence-electron chi connectivity index (χ1n) is 13.7. The number of nitrogens with zero attached hydrogens (tertiary/aromatic N) is 5. The fourth-order valence-corrected chi connectivity index (χ4v) is 5.86. The molecular formula is C36H25N5. The minimum Gasteiger partial charge on any atom is -0.299 e. The van der Waals surface area contributed by atoms with Gasteiger partial charge in [0.05, 0.1) is 38.9 Å². The molecule has 0 fully saturated rings. The van der Waals surface area contributed by atoms with Crippen LogP contribution in [0.2, 0.25) is 0 Å². The first-order valence-corrected chi connectivity index (χ1v) is 13.7. The summed E-state index contributed by atoms with van der Waals surface area (Å²) in [5, 5.41) is 2.17. The van der Waals surface area contributed by atoms with Gasteiger partial charge in [0.1, 0.15) is 5.65 Å². The number of imidazole rings is 1. The highest BCUT2D eigenvalue weighted by molar-refractivity contribution is 6.21. The second-order valence-corrected chi connectivity index (χ2v) is 10.2. The van der Waals surface area contributed by atoms with Gasteiger partial charge in [-0.2, -0.15) is 0 Å². The Morgan fingerprint density at radius 2 is 1.51 bits per heavy atom. The first kappa shape index (κ1) is 23.3. The van der Waals surface area contributed by atoms with Crippen LogP contribution < -0.4 is 0 Å². The maximum absolute atomic E-state index is 5.30. The van der Waals surface area contributed by atoms with E-state index in [0.29, 0.717) is 11.7 Å². The molecule has 0 saturated carbocycles. The number of pyridine rings is 1. The summed E-state index contributed by atoms with van der Waals surface area (Å²) in [6.07, 6.45) is 7.14. The van der Waals surface area contributed by atoms with Crippen LogP contribution in [0.5, 0.6) is 0 Å². The van der Waals surface area contributed by atoms with Gasteiger partial charge in [-0.25, -0.2) is 15.0 Å². The average molecular weight is 528 g/mol. The SMILES string of the molecule is C=C(/N=C(\N=C1/CC=Cc2ccccc21)n1c2ccccc2c2c1ccn1c3ccccc3nc21)c1ccccc1. The Bertz CT molecular complexity index is 2240. The first-order chi connectivity index (χ1) is 20.3. The van der Waals surface area contributed by atoms with E-state index in [1.807, 2.05) is 36.4 Å². The lowest BCUT2D eigenvalue weighted by atomic mass is 9.96. The summed E-state index contributed by atoms with van der Waals surface area (Å²) in [6.45, 7) is 4.35. The zero-order chi connectivity index (χ0) is 27.3. The predicted octanol–water partition coefficient (Wildman–Crippen LogP) is 8.38. The van der Waals surface area contributed by atoms with Crippen LogP contribution in [0.1, 0.15) is 23.1 Å².